The Hall–Kier alpha value is -2.01. The monoisotopic (exact) mass is 276 g/mol. The number of hydrogen-bond acceptors (Lipinski definition) is 5. The second kappa shape index (κ2) is 5.75. The zero-order chi connectivity index (χ0) is 13.8. The lowest BCUT2D eigenvalue weighted by Gasteiger charge is -2.10. The standard InChI is InChI=1S/C13H13ClN4O/c1-8-4-3-5-15-11(8)6-16-13-10(7-19)12(14)17-9(2)18-13/h3-5,7H,6H2,1-2H3,(H,16,17,18). The number of carbonyl (C=O) groups excluding carboxylic acids is 1. The topological polar surface area (TPSA) is 67.8 Å². The molecule has 2 rings (SSSR count). The van der Waals surface area contributed by atoms with E-state index in [0.29, 0.717) is 24.5 Å². The summed E-state index contributed by atoms with van der Waals surface area (Å²) in [7, 11) is 0. The van der Waals surface area contributed by atoms with Crippen LogP contribution in [0.5, 0.6) is 0 Å². The van der Waals surface area contributed by atoms with Gasteiger partial charge in [0.15, 0.2) is 6.29 Å². The van der Waals surface area contributed by atoms with Gasteiger partial charge in [-0.1, -0.05) is 17.7 Å². The van der Waals surface area contributed by atoms with Crippen LogP contribution in [0.2, 0.25) is 5.15 Å². The lowest BCUT2D eigenvalue weighted by atomic mass is 10.2. The van der Waals surface area contributed by atoms with Gasteiger partial charge < -0.3 is 5.32 Å². The molecule has 98 valence electrons. The van der Waals surface area contributed by atoms with Crippen molar-refractivity contribution in [1.29, 1.82) is 0 Å². The minimum atomic E-state index is 0.155. The predicted octanol–water partition coefficient (Wildman–Crippen LogP) is 2.57. The van der Waals surface area contributed by atoms with E-state index in [4.69, 9.17) is 11.6 Å². The third kappa shape index (κ3) is 3.06. The predicted molar refractivity (Wildman–Crippen MR) is 73.5 cm³/mol. The largest absolute Gasteiger partial charge is 0.364 e. The summed E-state index contributed by atoms with van der Waals surface area (Å²) >= 11 is 5.91. The highest BCUT2D eigenvalue weighted by Crippen LogP contribution is 2.19. The fourth-order valence-corrected chi connectivity index (χ4v) is 1.91. The first-order valence-electron chi connectivity index (χ1n) is 5.75. The van der Waals surface area contributed by atoms with E-state index in [1.54, 1.807) is 13.1 Å². The van der Waals surface area contributed by atoms with Gasteiger partial charge in [0.1, 0.15) is 16.8 Å². The van der Waals surface area contributed by atoms with Crippen molar-refractivity contribution in [1.82, 2.24) is 15.0 Å². The highest BCUT2D eigenvalue weighted by molar-refractivity contribution is 6.32. The van der Waals surface area contributed by atoms with Gasteiger partial charge in [-0.15, -0.1) is 0 Å². The van der Waals surface area contributed by atoms with Crippen LogP contribution < -0.4 is 5.32 Å². The molecule has 1 N–H and O–H groups in total. The van der Waals surface area contributed by atoms with Crippen LogP contribution in [0.1, 0.15) is 27.4 Å². The lowest BCUT2D eigenvalue weighted by molar-refractivity contribution is 0.112. The van der Waals surface area contributed by atoms with Gasteiger partial charge in [-0.2, -0.15) is 0 Å². The lowest BCUT2D eigenvalue weighted by Crippen LogP contribution is -2.09. The molecule has 0 bridgehead atoms. The Bertz CT molecular complexity index is 616. The van der Waals surface area contributed by atoms with Crippen LogP contribution in [0.3, 0.4) is 0 Å². The van der Waals surface area contributed by atoms with Gasteiger partial charge in [0.2, 0.25) is 0 Å². The molecule has 0 spiro atoms. The molecule has 0 saturated heterocycles. The number of rotatable bonds is 4. The average Bonchev–Trinajstić information content (AvgIpc) is 2.37. The Kier molecular flexibility index (Phi) is 4.06. The summed E-state index contributed by atoms with van der Waals surface area (Å²) in [4.78, 5) is 23.4. The zero-order valence-corrected chi connectivity index (χ0v) is 11.4. The second-order valence-electron chi connectivity index (χ2n) is 4.06. The Labute approximate surface area is 116 Å². The molecule has 0 radical (unpaired) electrons. The van der Waals surface area contributed by atoms with Crippen molar-refractivity contribution < 1.29 is 4.79 Å². The highest BCUT2D eigenvalue weighted by atomic mass is 35.5. The Balaban J connectivity index is 2.25. The van der Waals surface area contributed by atoms with Gasteiger partial charge in [0.05, 0.1) is 17.8 Å². The number of nitrogens with zero attached hydrogens (tertiary/aromatic N) is 3. The van der Waals surface area contributed by atoms with Gasteiger partial charge in [0.25, 0.3) is 0 Å². The second-order valence-corrected chi connectivity index (χ2v) is 4.42. The Morgan fingerprint density at radius 3 is 2.84 bits per heavy atom. The maximum Gasteiger partial charge on any atom is 0.156 e. The SMILES string of the molecule is Cc1nc(Cl)c(C=O)c(NCc2ncccc2C)n1. The molecule has 0 unspecified atom stereocenters. The third-order valence-corrected chi connectivity index (χ3v) is 2.96. The average molecular weight is 277 g/mol. The number of aryl methyl sites for hydroxylation is 2. The van der Waals surface area contributed by atoms with E-state index in [2.05, 4.69) is 20.3 Å². The number of pyridine rings is 1. The van der Waals surface area contributed by atoms with E-state index >= 15 is 0 Å². The fraction of sp³-hybridized carbons (Fsp3) is 0.231. The van der Waals surface area contributed by atoms with E-state index in [9.17, 15) is 4.79 Å². The van der Waals surface area contributed by atoms with Gasteiger partial charge in [-0.25, -0.2) is 9.97 Å². The van der Waals surface area contributed by atoms with Gasteiger partial charge in [0, 0.05) is 6.20 Å². The van der Waals surface area contributed by atoms with E-state index in [1.807, 2.05) is 19.1 Å². The van der Waals surface area contributed by atoms with Gasteiger partial charge in [-0.3, -0.25) is 9.78 Å². The summed E-state index contributed by atoms with van der Waals surface area (Å²) in [6, 6.07) is 3.85. The molecule has 6 heteroatoms. The minimum Gasteiger partial charge on any atom is -0.364 e. The molecule has 0 fully saturated rings. The quantitative estimate of drug-likeness (QED) is 0.687. The molecular formula is C13H13ClN4O. The summed E-state index contributed by atoms with van der Waals surface area (Å²) < 4.78 is 0. The normalized spacial score (nSPS) is 10.3. The van der Waals surface area contributed by atoms with Crippen LogP contribution in [0.25, 0.3) is 0 Å². The minimum absolute atomic E-state index is 0.155. The van der Waals surface area contributed by atoms with Crippen molar-refractivity contribution in [2.24, 2.45) is 0 Å². The first-order chi connectivity index (χ1) is 9.11. The molecule has 0 aliphatic rings. The maximum atomic E-state index is 11.0. The third-order valence-electron chi connectivity index (χ3n) is 2.67. The smallest absolute Gasteiger partial charge is 0.156 e. The molecule has 19 heavy (non-hydrogen) atoms. The molecule has 2 aromatic rings. The number of aldehydes is 1. The number of hydrogen-bond donors (Lipinski definition) is 1. The number of carbonyl (C=O) groups is 1. The van der Waals surface area contributed by atoms with Crippen molar-refractivity contribution in [3.8, 4) is 0 Å². The maximum absolute atomic E-state index is 11.0. The number of anilines is 1. The summed E-state index contributed by atoms with van der Waals surface area (Å²) in [6.07, 6.45) is 2.37. The van der Waals surface area contributed by atoms with Crippen LogP contribution in [0.15, 0.2) is 18.3 Å². The van der Waals surface area contributed by atoms with Crippen LogP contribution in [-0.4, -0.2) is 21.2 Å². The molecule has 0 aliphatic heterocycles. The molecule has 2 heterocycles. The molecular weight excluding hydrogens is 264 g/mol. The number of halogens is 1. The molecule has 0 atom stereocenters. The molecule has 0 amide bonds. The molecule has 0 aromatic carbocycles. The van der Waals surface area contributed by atoms with Crippen molar-refractivity contribution in [2.75, 3.05) is 5.32 Å². The van der Waals surface area contributed by atoms with Crippen molar-refractivity contribution in [3.05, 3.63) is 46.1 Å². The molecule has 0 saturated carbocycles. The van der Waals surface area contributed by atoms with E-state index < -0.39 is 0 Å². The zero-order valence-electron chi connectivity index (χ0n) is 10.6. The summed E-state index contributed by atoms with van der Waals surface area (Å²) in [5.41, 5.74) is 2.23. The van der Waals surface area contributed by atoms with E-state index in [-0.39, 0.29) is 10.7 Å². The fourth-order valence-electron chi connectivity index (χ4n) is 1.66. The number of aromatic nitrogens is 3. The van der Waals surface area contributed by atoms with E-state index in [0.717, 1.165) is 11.3 Å². The van der Waals surface area contributed by atoms with Gasteiger partial charge >= 0.3 is 0 Å². The van der Waals surface area contributed by atoms with Crippen LogP contribution in [0.4, 0.5) is 5.82 Å². The first-order valence-corrected chi connectivity index (χ1v) is 6.13. The first kappa shape index (κ1) is 13.4. The number of nitrogens with one attached hydrogen (secondary N) is 1. The molecule has 5 nitrogen and oxygen atoms in total. The van der Waals surface area contributed by atoms with Gasteiger partial charge in [-0.05, 0) is 25.5 Å². The highest BCUT2D eigenvalue weighted by Gasteiger charge is 2.11. The summed E-state index contributed by atoms with van der Waals surface area (Å²) in [6.45, 7) is 4.17. The van der Waals surface area contributed by atoms with Crippen LogP contribution in [0, 0.1) is 13.8 Å². The molecule has 0 aliphatic carbocycles. The van der Waals surface area contributed by atoms with E-state index in [1.165, 1.54) is 0 Å². The van der Waals surface area contributed by atoms with Crippen molar-refractivity contribution in [3.63, 3.8) is 0 Å². The molecule has 2 aromatic heterocycles. The Morgan fingerprint density at radius 1 is 1.37 bits per heavy atom. The Morgan fingerprint density at radius 2 is 2.16 bits per heavy atom. The van der Waals surface area contributed by atoms with Crippen LogP contribution in [-0.2, 0) is 6.54 Å². The summed E-state index contributed by atoms with van der Waals surface area (Å²) in [5.74, 6) is 0.938. The summed E-state index contributed by atoms with van der Waals surface area (Å²) in [5, 5.41) is 3.23. The van der Waals surface area contributed by atoms with Crippen molar-refractivity contribution >= 4 is 23.7 Å². The van der Waals surface area contributed by atoms with Crippen molar-refractivity contribution in [2.45, 2.75) is 20.4 Å². The van der Waals surface area contributed by atoms with Crippen LogP contribution >= 0.6 is 11.6 Å².